The summed E-state index contributed by atoms with van der Waals surface area (Å²) in [5.41, 5.74) is 3.16. The number of hydrogen-bond donors (Lipinski definition) is 2. The fourth-order valence-electron chi connectivity index (χ4n) is 1.93. The Hall–Kier alpha value is -2.70. The molecule has 0 spiro atoms. The lowest BCUT2D eigenvalue weighted by Crippen LogP contribution is -2.13. The second kappa shape index (κ2) is 4.76. The molecule has 102 valence electrons. The molecule has 0 unspecified atom stereocenters. The molecule has 0 aliphatic heterocycles. The van der Waals surface area contributed by atoms with Crippen LogP contribution in [0.2, 0.25) is 0 Å². The van der Waals surface area contributed by atoms with E-state index < -0.39 is 0 Å². The smallest absolute Gasteiger partial charge is 0.226 e. The number of aromatic amines is 1. The number of fused-ring (bicyclic) bond motifs is 1. The van der Waals surface area contributed by atoms with E-state index in [2.05, 4.69) is 30.2 Å². The van der Waals surface area contributed by atoms with E-state index in [0.717, 1.165) is 28.2 Å². The third kappa shape index (κ3) is 2.03. The van der Waals surface area contributed by atoms with Gasteiger partial charge < -0.3 is 15.2 Å². The van der Waals surface area contributed by atoms with Crippen LogP contribution in [0.25, 0.3) is 22.4 Å². The van der Waals surface area contributed by atoms with Crippen LogP contribution in [0.4, 0.5) is 11.8 Å². The molecule has 20 heavy (non-hydrogen) atoms. The number of aromatic nitrogens is 5. The van der Waals surface area contributed by atoms with Gasteiger partial charge in [0, 0.05) is 33.5 Å². The monoisotopic (exact) mass is 269 g/mol. The summed E-state index contributed by atoms with van der Waals surface area (Å²) in [6.45, 7) is 0. The van der Waals surface area contributed by atoms with Crippen molar-refractivity contribution in [3.05, 3.63) is 24.7 Å². The van der Waals surface area contributed by atoms with E-state index in [4.69, 9.17) is 0 Å². The molecule has 0 aliphatic rings. The second-order valence-corrected chi connectivity index (χ2v) is 4.54. The van der Waals surface area contributed by atoms with Crippen molar-refractivity contribution >= 4 is 22.9 Å². The lowest BCUT2D eigenvalue weighted by atomic mass is 10.2. The molecule has 7 nitrogen and oxygen atoms in total. The number of hydrogen-bond acceptors (Lipinski definition) is 6. The van der Waals surface area contributed by atoms with Crippen molar-refractivity contribution in [1.29, 1.82) is 0 Å². The fourth-order valence-corrected chi connectivity index (χ4v) is 1.93. The van der Waals surface area contributed by atoms with Gasteiger partial charge in [-0.25, -0.2) is 15.0 Å². The summed E-state index contributed by atoms with van der Waals surface area (Å²) >= 11 is 0. The second-order valence-electron chi connectivity index (χ2n) is 4.54. The highest BCUT2D eigenvalue weighted by molar-refractivity contribution is 5.78. The highest BCUT2D eigenvalue weighted by Crippen LogP contribution is 2.25. The van der Waals surface area contributed by atoms with Crippen molar-refractivity contribution in [2.45, 2.75) is 0 Å². The van der Waals surface area contributed by atoms with Crippen LogP contribution < -0.4 is 10.2 Å². The molecule has 0 fully saturated rings. The summed E-state index contributed by atoms with van der Waals surface area (Å²) < 4.78 is 0. The summed E-state index contributed by atoms with van der Waals surface area (Å²) in [7, 11) is 5.63. The van der Waals surface area contributed by atoms with Crippen molar-refractivity contribution in [3.8, 4) is 11.3 Å². The first-order valence-electron chi connectivity index (χ1n) is 6.21. The Labute approximate surface area is 116 Å². The van der Waals surface area contributed by atoms with E-state index in [0.29, 0.717) is 5.95 Å². The molecule has 3 rings (SSSR count). The SMILES string of the molecule is CNc1nc(N(C)C)ncc1-c1cnc2[nH]ccc2n1. The highest BCUT2D eigenvalue weighted by Gasteiger charge is 2.11. The average Bonchev–Trinajstić information content (AvgIpc) is 2.93. The van der Waals surface area contributed by atoms with E-state index in [1.807, 2.05) is 38.3 Å². The summed E-state index contributed by atoms with van der Waals surface area (Å²) in [6, 6.07) is 1.89. The standard InChI is InChI=1S/C13H15N7/c1-14-11-8(6-17-13(19-11)20(2)3)10-7-16-12-9(18-10)4-5-15-12/h4-7H,1-3H3,(H,15,16)(H,14,17,19). The Bertz CT molecular complexity index is 747. The van der Waals surface area contributed by atoms with Crippen LogP contribution in [-0.2, 0) is 0 Å². The minimum absolute atomic E-state index is 0.647. The molecule has 3 aromatic heterocycles. The van der Waals surface area contributed by atoms with Crippen molar-refractivity contribution in [3.63, 3.8) is 0 Å². The van der Waals surface area contributed by atoms with Crippen molar-refractivity contribution < 1.29 is 0 Å². The predicted octanol–water partition coefficient (Wildman–Crippen LogP) is 1.52. The minimum Gasteiger partial charge on any atom is -0.372 e. The first-order valence-corrected chi connectivity index (χ1v) is 6.21. The third-order valence-electron chi connectivity index (χ3n) is 2.95. The van der Waals surface area contributed by atoms with Crippen LogP contribution in [0.3, 0.4) is 0 Å². The van der Waals surface area contributed by atoms with Crippen molar-refractivity contribution in [2.24, 2.45) is 0 Å². The van der Waals surface area contributed by atoms with Gasteiger partial charge in [-0.2, -0.15) is 4.98 Å². The maximum absolute atomic E-state index is 4.56. The Morgan fingerprint density at radius 1 is 1.15 bits per heavy atom. The third-order valence-corrected chi connectivity index (χ3v) is 2.95. The zero-order valence-corrected chi connectivity index (χ0v) is 11.5. The highest BCUT2D eigenvalue weighted by atomic mass is 15.2. The topological polar surface area (TPSA) is 82.6 Å². The Balaban J connectivity index is 2.12. The van der Waals surface area contributed by atoms with Crippen LogP contribution in [-0.4, -0.2) is 46.1 Å². The van der Waals surface area contributed by atoms with Gasteiger partial charge in [0.05, 0.1) is 17.5 Å². The lowest BCUT2D eigenvalue weighted by Gasteiger charge is -2.13. The molecule has 0 saturated carbocycles. The van der Waals surface area contributed by atoms with Crippen molar-refractivity contribution in [1.82, 2.24) is 24.9 Å². The minimum atomic E-state index is 0.647. The van der Waals surface area contributed by atoms with Crippen LogP contribution in [0.1, 0.15) is 0 Å². The quantitative estimate of drug-likeness (QED) is 0.750. The largest absolute Gasteiger partial charge is 0.372 e. The number of anilines is 2. The normalized spacial score (nSPS) is 10.8. The van der Waals surface area contributed by atoms with E-state index >= 15 is 0 Å². The number of nitrogens with zero attached hydrogens (tertiary/aromatic N) is 5. The Morgan fingerprint density at radius 3 is 2.75 bits per heavy atom. The molecule has 7 heteroatoms. The van der Waals surface area contributed by atoms with Gasteiger partial charge in [0.2, 0.25) is 5.95 Å². The molecule has 0 atom stereocenters. The molecule has 3 heterocycles. The predicted molar refractivity (Wildman–Crippen MR) is 78.8 cm³/mol. The summed E-state index contributed by atoms with van der Waals surface area (Å²) in [6.07, 6.45) is 5.30. The van der Waals surface area contributed by atoms with E-state index in [-0.39, 0.29) is 0 Å². The first-order chi connectivity index (χ1) is 9.69. The molecule has 0 amide bonds. The van der Waals surface area contributed by atoms with Gasteiger partial charge >= 0.3 is 0 Å². The molecule has 3 aromatic rings. The number of nitrogens with one attached hydrogen (secondary N) is 2. The Morgan fingerprint density at radius 2 is 2.00 bits per heavy atom. The average molecular weight is 269 g/mol. The van der Waals surface area contributed by atoms with Crippen LogP contribution in [0, 0.1) is 0 Å². The zero-order valence-electron chi connectivity index (χ0n) is 11.5. The van der Waals surface area contributed by atoms with Gasteiger partial charge in [0.25, 0.3) is 0 Å². The first kappa shape index (κ1) is 12.3. The van der Waals surface area contributed by atoms with Gasteiger partial charge in [-0.3, -0.25) is 0 Å². The maximum Gasteiger partial charge on any atom is 0.226 e. The van der Waals surface area contributed by atoms with Gasteiger partial charge in [-0.15, -0.1) is 0 Å². The molecular weight excluding hydrogens is 254 g/mol. The van der Waals surface area contributed by atoms with Crippen LogP contribution in [0.5, 0.6) is 0 Å². The molecule has 0 bridgehead atoms. The molecular formula is C13H15N7. The summed E-state index contributed by atoms with van der Waals surface area (Å²) in [5, 5.41) is 3.08. The van der Waals surface area contributed by atoms with E-state index in [9.17, 15) is 0 Å². The molecule has 2 N–H and O–H groups in total. The molecule has 0 saturated heterocycles. The molecule has 0 radical (unpaired) electrons. The maximum atomic E-state index is 4.56. The van der Waals surface area contributed by atoms with Gasteiger partial charge in [-0.1, -0.05) is 0 Å². The van der Waals surface area contributed by atoms with Crippen LogP contribution in [0.15, 0.2) is 24.7 Å². The van der Waals surface area contributed by atoms with Gasteiger partial charge in [0.1, 0.15) is 11.3 Å². The summed E-state index contributed by atoms with van der Waals surface area (Å²) in [5.74, 6) is 1.38. The van der Waals surface area contributed by atoms with Crippen LogP contribution >= 0.6 is 0 Å². The van der Waals surface area contributed by atoms with Gasteiger partial charge in [0.15, 0.2) is 5.65 Å². The fraction of sp³-hybridized carbons (Fsp3) is 0.231. The zero-order chi connectivity index (χ0) is 14.1. The Kier molecular flexibility index (Phi) is 2.94. The lowest BCUT2D eigenvalue weighted by molar-refractivity contribution is 0.999. The summed E-state index contributed by atoms with van der Waals surface area (Å²) in [4.78, 5) is 22.6. The molecule has 0 aromatic carbocycles. The van der Waals surface area contributed by atoms with E-state index in [1.54, 1.807) is 12.4 Å². The number of H-pyrrole nitrogens is 1. The van der Waals surface area contributed by atoms with Crippen molar-refractivity contribution in [2.75, 3.05) is 31.4 Å². The number of rotatable bonds is 3. The van der Waals surface area contributed by atoms with Gasteiger partial charge in [-0.05, 0) is 6.07 Å². The van der Waals surface area contributed by atoms with E-state index in [1.165, 1.54) is 0 Å². The molecule has 0 aliphatic carbocycles.